The third-order valence-corrected chi connectivity index (χ3v) is 3.38. The molecule has 0 aliphatic heterocycles. The molecule has 23 heavy (non-hydrogen) atoms. The Labute approximate surface area is 135 Å². The van der Waals surface area contributed by atoms with E-state index in [9.17, 15) is 4.79 Å². The molecule has 0 saturated carbocycles. The molecule has 0 bridgehead atoms. The Hall–Kier alpha value is -2.82. The molecule has 5 heteroatoms. The lowest BCUT2D eigenvalue weighted by Crippen LogP contribution is -2.19. The first kappa shape index (κ1) is 16.5. The molecule has 0 unspecified atom stereocenters. The topological polar surface area (TPSA) is 59.9 Å². The molecule has 1 amide bonds. The van der Waals surface area contributed by atoms with E-state index in [1.165, 1.54) is 0 Å². The summed E-state index contributed by atoms with van der Waals surface area (Å²) in [5.41, 5.74) is 4.79. The Morgan fingerprint density at radius 3 is 2.30 bits per heavy atom. The highest BCUT2D eigenvalue weighted by atomic mass is 16.5. The Morgan fingerprint density at radius 1 is 1.00 bits per heavy atom. The Morgan fingerprint density at radius 2 is 1.70 bits per heavy atom. The first-order valence-electron chi connectivity index (χ1n) is 7.34. The van der Waals surface area contributed by atoms with E-state index in [0.717, 1.165) is 11.3 Å². The van der Waals surface area contributed by atoms with E-state index in [0.29, 0.717) is 23.5 Å². The van der Waals surface area contributed by atoms with Gasteiger partial charge in [-0.15, -0.1) is 0 Å². The minimum absolute atomic E-state index is 0.239. The third-order valence-electron chi connectivity index (χ3n) is 3.38. The number of nitrogens with one attached hydrogen (secondary N) is 1. The second-order valence-corrected chi connectivity index (χ2v) is 4.79. The summed E-state index contributed by atoms with van der Waals surface area (Å²) < 4.78 is 10.5. The minimum Gasteiger partial charge on any atom is -0.493 e. The number of hydrogen-bond donors (Lipinski definition) is 1. The maximum Gasteiger partial charge on any atom is 0.271 e. The van der Waals surface area contributed by atoms with Crippen LogP contribution in [-0.4, -0.2) is 25.8 Å². The van der Waals surface area contributed by atoms with Crippen molar-refractivity contribution in [2.24, 2.45) is 5.10 Å². The highest BCUT2D eigenvalue weighted by Crippen LogP contribution is 2.28. The van der Waals surface area contributed by atoms with E-state index in [1.807, 2.05) is 43.3 Å². The van der Waals surface area contributed by atoms with Gasteiger partial charge in [-0.1, -0.05) is 25.1 Å². The van der Waals surface area contributed by atoms with Crippen molar-refractivity contribution in [3.8, 4) is 11.5 Å². The van der Waals surface area contributed by atoms with Crippen LogP contribution in [0.4, 0.5) is 0 Å². The van der Waals surface area contributed by atoms with Crippen LogP contribution < -0.4 is 14.9 Å². The van der Waals surface area contributed by atoms with Gasteiger partial charge in [0.05, 0.1) is 19.9 Å². The highest BCUT2D eigenvalue weighted by molar-refractivity contribution is 6.02. The van der Waals surface area contributed by atoms with Gasteiger partial charge in [-0.05, 0) is 36.8 Å². The van der Waals surface area contributed by atoms with E-state index < -0.39 is 0 Å². The zero-order valence-corrected chi connectivity index (χ0v) is 13.5. The number of carbonyl (C=O) groups is 1. The summed E-state index contributed by atoms with van der Waals surface area (Å²) in [6.07, 6.45) is 0.671. The molecule has 5 nitrogen and oxygen atoms in total. The van der Waals surface area contributed by atoms with Crippen LogP contribution in [0.25, 0.3) is 0 Å². The molecule has 2 rings (SSSR count). The van der Waals surface area contributed by atoms with Crippen molar-refractivity contribution in [3.05, 3.63) is 59.7 Å². The third kappa shape index (κ3) is 4.10. The lowest BCUT2D eigenvalue weighted by molar-refractivity contribution is 0.0955. The average Bonchev–Trinajstić information content (AvgIpc) is 2.62. The number of rotatable bonds is 6. The second-order valence-electron chi connectivity index (χ2n) is 4.79. The summed E-state index contributed by atoms with van der Waals surface area (Å²) in [7, 11) is 3.17. The van der Waals surface area contributed by atoms with Crippen LogP contribution >= 0.6 is 0 Å². The molecular formula is C18H20N2O3. The van der Waals surface area contributed by atoms with Crippen LogP contribution in [0.15, 0.2) is 53.6 Å². The standard InChI is InChI=1S/C18H20N2O3/c1-4-15(14-10-11-16(22-2)17(12-14)23-3)19-20-18(21)13-8-6-5-7-9-13/h5-12H,4H2,1-3H3,(H,20,21)/b19-15-. The van der Waals surface area contributed by atoms with Crippen molar-refractivity contribution in [2.45, 2.75) is 13.3 Å². The molecule has 0 radical (unpaired) electrons. The van der Waals surface area contributed by atoms with Crippen LogP contribution in [0, 0.1) is 0 Å². The number of hydrazone groups is 1. The molecule has 0 aliphatic carbocycles. The van der Waals surface area contributed by atoms with Crippen LogP contribution in [0.1, 0.15) is 29.3 Å². The highest BCUT2D eigenvalue weighted by Gasteiger charge is 2.09. The largest absolute Gasteiger partial charge is 0.493 e. The van der Waals surface area contributed by atoms with Gasteiger partial charge in [0.2, 0.25) is 0 Å². The van der Waals surface area contributed by atoms with Gasteiger partial charge < -0.3 is 9.47 Å². The van der Waals surface area contributed by atoms with Gasteiger partial charge in [0.1, 0.15) is 0 Å². The number of carbonyl (C=O) groups excluding carboxylic acids is 1. The molecule has 2 aromatic carbocycles. The van der Waals surface area contributed by atoms with Crippen molar-refractivity contribution in [3.63, 3.8) is 0 Å². The quantitative estimate of drug-likeness (QED) is 0.658. The molecular weight excluding hydrogens is 292 g/mol. The summed E-state index contributed by atoms with van der Waals surface area (Å²) in [5.74, 6) is 1.04. The van der Waals surface area contributed by atoms with Crippen molar-refractivity contribution in [1.82, 2.24) is 5.43 Å². The van der Waals surface area contributed by atoms with Gasteiger partial charge >= 0.3 is 0 Å². The van der Waals surface area contributed by atoms with Gasteiger partial charge in [-0.2, -0.15) is 5.10 Å². The zero-order chi connectivity index (χ0) is 16.7. The van der Waals surface area contributed by atoms with Crippen LogP contribution in [0.2, 0.25) is 0 Å². The van der Waals surface area contributed by atoms with E-state index in [1.54, 1.807) is 26.4 Å². The number of methoxy groups -OCH3 is 2. The molecule has 0 saturated heterocycles. The summed E-state index contributed by atoms with van der Waals surface area (Å²) in [4.78, 5) is 12.1. The van der Waals surface area contributed by atoms with Crippen molar-refractivity contribution in [1.29, 1.82) is 0 Å². The Kier molecular flexibility index (Phi) is 5.74. The molecule has 0 fully saturated rings. The molecule has 0 atom stereocenters. The van der Waals surface area contributed by atoms with Gasteiger partial charge in [-0.3, -0.25) is 4.79 Å². The first-order chi connectivity index (χ1) is 11.2. The van der Waals surface area contributed by atoms with Gasteiger partial charge in [0, 0.05) is 11.1 Å². The number of benzene rings is 2. The summed E-state index contributed by atoms with van der Waals surface area (Å²) >= 11 is 0. The van der Waals surface area contributed by atoms with E-state index in [-0.39, 0.29) is 5.91 Å². The SMILES string of the molecule is CC/C(=N/NC(=O)c1ccccc1)c1ccc(OC)c(OC)c1. The number of amides is 1. The fraction of sp³-hybridized carbons (Fsp3) is 0.222. The van der Waals surface area contributed by atoms with E-state index in [2.05, 4.69) is 10.5 Å². The second kappa shape index (κ2) is 7.98. The average molecular weight is 312 g/mol. The lowest BCUT2D eigenvalue weighted by Gasteiger charge is -2.10. The monoisotopic (exact) mass is 312 g/mol. The molecule has 0 spiro atoms. The number of hydrogen-bond acceptors (Lipinski definition) is 4. The predicted molar refractivity (Wildman–Crippen MR) is 90.3 cm³/mol. The smallest absolute Gasteiger partial charge is 0.271 e. The number of nitrogens with zero attached hydrogens (tertiary/aromatic N) is 1. The summed E-state index contributed by atoms with van der Waals surface area (Å²) in [6, 6.07) is 14.5. The Bertz CT molecular complexity index is 697. The Balaban J connectivity index is 2.20. The zero-order valence-electron chi connectivity index (χ0n) is 13.5. The molecule has 0 aliphatic rings. The number of ether oxygens (including phenoxy) is 2. The van der Waals surface area contributed by atoms with E-state index >= 15 is 0 Å². The van der Waals surface area contributed by atoms with Gasteiger partial charge in [0.15, 0.2) is 11.5 Å². The fourth-order valence-electron chi connectivity index (χ4n) is 2.14. The van der Waals surface area contributed by atoms with Crippen molar-refractivity contribution < 1.29 is 14.3 Å². The first-order valence-corrected chi connectivity index (χ1v) is 7.34. The maximum absolute atomic E-state index is 12.1. The maximum atomic E-state index is 12.1. The van der Waals surface area contributed by atoms with Crippen molar-refractivity contribution in [2.75, 3.05) is 14.2 Å². The fourth-order valence-corrected chi connectivity index (χ4v) is 2.14. The van der Waals surface area contributed by atoms with E-state index in [4.69, 9.17) is 9.47 Å². The van der Waals surface area contributed by atoms with Gasteiger partial charge in [0.25, 0.3) is 5.91 Å². The predicted octanol–water partition coefficient (Wildman–Crippen LogP) is 3.25. The molecule has 1 N–H and O–H groups in total. The van der Waals surface area contributed by atoms with Crippen LogP contribution in [0.5, 0.6) is 11.5 Å². The minimum atomic E-state index is -0.239. The van der Waals surface area contributed by atoms with Crippen LogP contribution in [-0.2, 0) is 0 Å². The molecule has 0 aromatic heterocycles. The lowest BCUT2D eigenvalue weighted by atomic mass is 10.1. The van der Waals surface area contributed by atoms with Gasteiger partial charge in [-0.25, -0.2) is 5.43 Å². The normalized spacial score (nSPS) is 11.0. The summed E-state index contributed by atoms with van der Waals surface area (Å²) in [5, 5.41) is 4.24. The molecule has 0 heterocycles. The van der Waals surface area contributed by atoms with Crippen molar-refractivity contribution >= 4 is 11.6 Å². The van der Waals surface area contributed by atoms with Crippen LogP contribution in [0.3, 0.4) is 0 Å². The molecule has 120 valence electrons. The molecule has 2 aromatic rings. The summed E-state index contributed by atoms with van der Waals surface area (Å²) in [6.45, 7) is 1.98.